The second-order valence-corrected chi connectivity index (χ2v) is 7.23. The Balaban J connectivity index is 1.95. The van der Waals surface area contributed by atoms with Crippen LogP contribution in [0, 0.1) is 11.8 Å². The minimum atomic E-state index is 0.477. The van der Waals surface area contributed by atoms with Gasteiger partial charge in [-0.15, -0.1) is 0 Å². The van der Waals surface area contributed by atoms with Gasteiger partial charge in [0.15, 0.2) is 0 Å². The standard InChI is InChI=1S/C17H34N2/c1-4-11-19(16-9-6-15(18)7-10-16)17-8-5-13(2)14(3)12-17/h13-17H,4-12,18H2,1-3H3. The Morgan fingerprint density at radius 1 is 0.895 bits per heavy atom. The smallest absolute Gasteiger partial charge is 0.0101 e. The fourth-order valence-electron chi connectivity index (χ4n) is 4.18. The topological polar surface area (TPSA) is 29.3 Å². The summed E-state index contributed by atoms with van der Waals surface area (Å²) < 4.78 is 0. The largest absolute Gasteiger partial charge is 0.328 e. The van der Waals surface area contributed by atoms with Crippen molar-refractivity contribution in [2.45, 2.75) is 90.3 Å². The third kappa shape index (κ3) is 3.95. The van der Waals surface area contributed by atoms with Gasteiger partial charge in [-0.05, 0) is 69.7 Å². The summed E-state index contributed by atoms with van der Waals surface area (Å²) in [5.74, 6) is 1.84. The molecule has 2 nitrogen and oxygen atoms in total. The minimum Gasteiger partial charge on any atom is -0.328 e. The zero-order valence-corrected chi connectivity index (χ0v) is 13.3. The van der Waals surface area contributed by atoms with Crippen molar-refractivity contribution in [3.8, 4) is 0 Å². The molecule has 2 rings (SSSR count). The van der Waals surface area contributed by atoms with Crippen molar-refractivity contribution in [3.63, 3.8) is 0 Å². The Labute approximate surface area is 120 Å². The van der Waals surface area contributed by atoms with Crippen LogP contribution in [0.4, 0.5) is 0 Å². The highest BCUT2D eigenvalue weighted by molar-refractivity contribution is 4.88. The Morgan fingerprint density at radius 3 is 2.11 bits per heavy atom. The molecule has 0 aromatic heterocycles. The maximum atomic E-state index is 6.07. The van der Waals surface area contributed by atoms with Crippen LogP contribution in [-0.4, -0.2) is 29.6 Å². The van der Waals surface area contributed by atoms with E-state index in [4.69, 9.17) is 5.73 Å². The van der Waals surface area contributed by atoms with Crippen molar-refractivity contribution in [2.75, 3.05) is 6.54 Å². The summed E-state index contributed by atoms with van der Waals surface area (Å²) >= 11 is 0. The molecule has 0 heterocycles. The van der Waals surface area contributed by atoms with Crippen molar-refractivity contribution in [1.82, 2.24) is 4.90 Å². The van der Waals surface area contributed by atoms with E-state index < -0.39 is 0 Å². The van der Waals surface area contributed by atoms with E-state index in [1.165, 1.54) is 57.9 Å². The van der Waals surface area contributed by atoms with Gasteiger partial charge in [-0.25, -0.2) is 0 Å². The fraction of sp³-hybridized carbons (Fsp3) is 1.00. The van der Waals surface area contributed by atoms with E-state index in [1.807, 2.05) is 0 Å². The van der Waals surface area contributed by atoms with Gasteiger partial charge in [0.05, 0.1) is 0 Å². The third-order valence-electron chi connectivity index (χ3n) is 5.73. The molecule has 0 saturated heterocycles. The zero-order valence-electron chi connectivity index (χ0n) is 13.3. The van der Waals surface area contributed by atoms with E-state index in [0.717, 1.165) is 23.9 Å². The molecule has 3 unspecified atom stereocenters. The molecular formula is C17H34N2. The van der Waals surface area contributed by atoms with Crippen LogP contribution >= 0.6 is 0 Å². The highest BCUT2D eigenvalue weighted by Gasteiger charge is 2.33. The maximum absolute atomic E-state index is 6.07. The molecule has 0 aromatic rings. The summed E-state index contributed by atoms with van der Waals surface area (Å²) in [7, 11) is 0. The fourth-order valence-corrected chi connectivity index (χ4v) is 4.18. The highest BCUT2D eigenvalue weighted by Crippen LogP contribution is 2.35. The molecule has 0 aromatic carbocycles. The van der Waals surface area contributed by atoms with Gasteiger partial charge >= 0.3 is 0 Å². The first-order valence-corrected chi connectivity index (χ1v) is 8.63. The van der Waals surface area contributed by atoms with Gasteiger partial charge in [-0.1, -0.05) is 20.8 Å². The van der Waals surface area contributed by atoms with Crippen LogP contribution in [0.2, 0.25) is 0 Å². The average Bonchev–Trinajstić information content (AvgIpc) is 2.41. The molecule has 19 heavy (non-hydrogen) atoms. The van der Waals surface area contributed by atoms with Crippen LogP contribution in [-0.2, 0) is 0 Å². The molecule has 2 N–H and O–H groups in total. The van der Waals surface area contributed by atoms with E-state index in [9.17, 15) is 0 Å². The summed E-state index contributed by atoms with van der Waals surface area (Å²) in [6.45, 7) is 8.52. The second-order valence-electron chi connectivity index (χ2n) is 7.23. The van der Waals surface area contributed by atoms with E-state index in [-0.39, 0.29) is 0 Å². The first-order chi connectivity index (χ1) is 9.11. The Bertz CT molecular complexity index is 258. The predicted molar refractivity (Wildman–Crippen MR) is 83.2 cm³/mol. The Morgan fingerprint density at radius 2 is 1.53 bits per heavy atom. The molecule has 0 aliphatic heterocycles. The van der Waals surface area contributed by atoms with Crippen LogP contribution in [0.3, 0.4) is 0 Å². The first kappa shape index (κ1) is 15.3. The van der Waals surface area contributed by atoms with Gasteiger partial charge in [0.1, 0.15) is 0 Å². The van der Waals surface area contributed by atoms with Crippen molar-refractivity contribution >= 4 is 0 Å². The van der Waals surface area contributed by atoms with Crippen LogP contribution in [0.25, 0.3) is 0 Å². The predicted octanol–water partition coefficient (Wildman–Crippen LogP) is 3.79. The summed E-state index contributed by atoms with van der Waals surface area (Å²) in [6.07, 6.45) is 10.7. The van der Waals surface area contributed by atoms with Crippen molar-refractivity contribution in [2.24, 2.45) is 17.6 Å². The van der Waals surface area contributed by atoms with Crippen LogP contribution in [0.5, 0.6) is 0 Å². The highest BCUT2D eigenvalue weighted by atomic mass is 15.2. The number of hydrogen-bond acceptors (Lipinski definition) is 2. The van der Waals surface area contributed by atoms with Crippen molar-refractivity contribution in [1.29, 1.82) is 0 Å². The summed E-state index contributed by atoms with van der Waals surface area (Å²) in [6, 6.07) is 2.15. The number of nitrogens with two attached hydrogens (primary N) is 1. The molecule has 112 valence electrons. The molecule has 2 fully saturated rings. The number of nitrogens with zero attached hydrogens (tertiary/aromatic N) is 1. The molecule has 0 amide bonds. The van der Waals surface area contributed by atoms with Crippen molar-refractivity contribution < 1.29 is 0 Å². The van der Waals surface area contributed by atoms with E-state index in [0.29, 0.717) is 6.04 Å². The second kappa shape index (κ2) is 7.08. The van der Waals surface area contributed by atoms with E-state index in [1.54, 1.807) is 0 Å². The SMILES string of the molecule is CCCN(C1CCC(N)CC1)C1CCC(C)C(C)C1. The van der Waals surface area contributed by atoms with Crippen molar-refractivity contribution in [3.05, 3.63) is 0 Å². The molecule has 0 radical (unpaired) electrons. The Kier molecular flexibility index (Phi) is 5.70. The van der Waals surface area contributed by atoms with E-state index >= 15 is 0 Å². The third-order valence-corrected chi connectivity index (χ3v) is 5.73. The van der Waals surface area contributed by atoms with Crippen LogP contribution in [0.15, 0.2) is 0 Å². The molecule has 0 spiro atoms. The minimum absolute atomic E-state index is 0.477. The average molecular weight is 266 g/mol. The normalized spacial score (nSPS) is 40.6. The lowest BCUT2D eigenvalue weighted by molar-refractivity contribution is 0.0524. The summed E-state index contributed by atoms with van der Waals surface area (Å²) in [5.41, 5.74) is 6.07. The van der Waals surface area contributed by atoms with Gasteiger partial charge < -0.3 is 5.73 Å². The van der Waals surface area contributed by atoms with Gasteiger partial charge in [0, 0.05) is 18.1 Å². The van der Waals surface area contributed by atoms with Gasteiger partial charge in [-0.2, -0.15) is 0 Å². The summed E-state index contributed by atoms with van der Waals surface area (Å²) in [4.78, 5) is 2.87. The Hall–Kier alpha value is -0.0800. The summed E-state index contributed by atoms with van der Waals surface area (Å²) in [5, 5.41) is 0. The lowest BCUT2D eigenvalue weighted by Crippen LogP contribution is -2.48. The molecule has 2 heteroatoms. The van der Waals surface area contributed by atoms with Gasteiger partial charge in [0.25, 0.3) is 0 Å². The monoisotopic (exact) mass is 266 g/mol. The first-order valence-electron chi connectivity index (χ1n) is 8.63. The van der Waals surface area contributed by atoms with Crippen LogP contribution in [0.1, 0.15) is 72.1 Å². The zero-order chi connectivity index (χ0) is 13.8. The molecule has 3 atom stereocenters. The number of hydrogen-bond donors (Lipinski definition) is 1. The maximum Gasteiger partial charge on any atom is 0.0101 e. The molecular weight excluding hydrogens is 232 g/mol. The van der Waals surface area contributed by atoms with Crippen LogP contribution < -0.4 is 5.73 Å². The van der Waals surface area contributed by atoms with Gasteiger partial charge in [0.2, 0.25) is 0 Å². The molecule has 0 bridgehead atoms. The lowest BCUT2D eigenvalue weighted by Gasteiger charge is -2.45. The van der Waals surface area contributed by atoms with E-state index in [2.05, 4.69) is 25.7 Å². The lowest BCUT2D eigenvalue weighted by atomic mass is 9.77. The molecule has 2 aliphatic carbocycles. The quantitative estimate of drug-likeness (QED) is 0.839. The molecule has 2 aliphatic rings. The molecule has 2 saturated carbocycles. The number of rotatable bonds is 4. The van der Waals surface area contributed by atoms with Gasteiger partial charge in [-0.3, -0.25) is 4.90 Å².